The Kier molecular flexibility index (Phi) is 4.33. The highest BCUT2D eigenvalue weighted by molar-refractivity contribution is 7.09. The summed E-state index contributed by atoms with van der Waals surface area (Å²) in [4.78, 5) is 6.80. The first-order valence-corrected chi connectivity index (χ1v) is 6.82. The summed E-state index contributed by atoms with van der Waals surface area (Å²) in [6.45, 7) is 11.5. The molecule has 0 saturated carbocycles. The molecule has 0 aromatic carbocycles. The molecule has 1 aromatic rings. The van der Waals surface area contributed by atoms with Crippen LogP contribution in [0.1, 0.15) is 45.3 Å². The number of aromatic nitrogens is 1. The average molecular weight is 256 g/mol. The average Bonchev–Trinajstić information content (AvgIpc) is 2.65. The van der Waals surface area contributed by atoms with Crippen molar-refractivity contribution in [3.63, 3.8) is 0 Å². The molecule has 1 aromatic heterocycles. The Morgan fingerprint density at radius 2 is 1.88 bits per heavy atom. The van der Waals surface area contributed by atoms with Gasteiger partial charge in [-0.05, 0) is 20.9 Å². The first kappa shape index (κ1) is 14.6. The molecule has 3 nitrogen and oxygen atoms in total. The van der Waals surface area contributed by atoms with Gasteiger partial charge < -0.3 is 5.11 Å². The number of aliphatic hydroxyl groups is 1. The number of rotatable bonds is 4. The van der Waals surface area contributed by atoms with Gasteiger partial charge in [0.25, 0.3) is 0 Å². The molecular weight excluding hydrogens is 232 g/mol. The maximum atomic E-state index is 9.32. The molecule has 98 valence electrons. The molecule has 17 heavy (non-hydrogen) atoms. The standard InChI is InChI=1S/C13H24N2OS/c1-12(2,3)10-8-17-11(14-10)7-15(6)13(4,5)9-16/h8,16H,7,9H2,1-6H3. The van der Waals surface area contributed by atoms with Gasteiger partial charge in [0.2, 0.25) is 0 Å². The van der Waals surface area contributed by atoms with E-state index in [2.05, 4.69) is 36.0 Å². The SMILES string of the molecule is CN(Cc1nc(C(C)(C)C)cs1)C(C)(C)CO. The van der Waals surface area contributed by atoms with Crippen LogP contribution in [0.5, 0.6) is 0 Å². The third-order valence-corrected chi connectivity index (χ3v) is 3.95. The second-order valence-corrected chi connectivity index (χ2v) is 7.15. The zero-order chi connectivity index (χ0) is 13.3. The van der Waals surface area contributed by atoms with Gasteiger partial charge in [-0.15, -0.1) is 11.3 Å². The van der Waals surface area contributed by atoms with E-state index in [1.807, 2.05) is 20.9 Å². The quantitative estimate of drug-likeness (QED) is 0.899. The van der Waals surface area contributed by atoms with Gasteiger partial charge in [-0.3, -0.25) is 4.90 Å². The fourth-order valence-corrected chi connectivity index (χ4v) is 2.34. The van der Waals surface area contributed by atoms with E-state index in [4.69, 9.17) is 0 Å². The van der Waals surface area contributed by atoms with Gasteiger partial charge in [0.05, 0.1) is 18.8 Å². The van der Waals surface area contributed by atoms with E-state index in [0.717, 1.165) is 17.2 Å². The minimum absolute atomic E-state index is 0.111. The molecule has 0 aliphatic heterocycles. The fraction of sp³-hybridized carbons (Fsp3) is 0.769. The highest BCUT2D eigenvalue weighted by Crippen LogP contribution is 2.25. The van der Waals surface area contributed by atoms with Crippen molar-refractivity contribution in [2.24, 2.45) is 0 Å². The van der Waals surface area contributed by atoms with Crippen molar-refractivity contribution in [1.29, 1.82) is 0 Å². The summed E-state index contributed by atoms with van der Waals surface area (Å²) in [6, 6.07) is 0. The van der Waals surface area contributed by atoms with E-state index in [1.165, 1.54) is 0 Å². The van der Waals surface area contributed by atoms with Crippen LogP contribution in [0.3, 0.4) is 0 Å². The van der Waals surface area contributed by atoms with Crippen molar-refractivity contribution < 1.29 is 5.11 Å². The summed E-state index contributed by atoms with van der Waals surface area (Å²) in [6.07, 6.45) is 0. The number of hydrogen-bond donors (Lipinski definition) is 1. The van der Waals surface area contributed by atoms with Crippen molar-refractivity contribution in [3.05, 3.63) is 16.1 Å². The Morgan fingerprint density at radius 3 is 2.29 bits per heavy atom. The van der Waals surface area contributed by atoms with Crippen molar-refractivity contribution in [2.75, 3.05) is 13.7 Å². The van der Waals surface area contributed by atoms with E-state index in [0.29, 0.717) is 0 Å². The van der Waals surface area contributed by atoms with Crippen molar-refractivity contribution >= 4 is 11.3 Å². The number of hydrogen-bond acceptors (Lipinski definition) is 4. The molecular formula is C13H24N2OS. The topological polar surface area (TPSA) is 36.4 Å². The zero-order valence-corrected chi connectivity index (χ0v) is 12.6. The summed E-state index contributed by atoms with van der Waals surface area (Å²) in [5.41, 5.74) is 1.06. The third-order valence-electron chi connectivity index (χ3n) is 3.11. The van der Waals surface area contributed by atoms with Gasteiger partial charge in [-0.2, -0.15) is 0 Å². The Bertz CT molecular complexity index is 366. The smallest absolute Gasteiger partial charge is 0.107 e. The van der Waals surface area contributed by atoms with Crippen LogP contribution in [-0.4, -0.2) is 34.2 Å². The maximum Gasteiger partial charge on any atom is 0.107 e. The number of likely N-dealkylation sites (N-methyl/N-ethyl adjacent to an activating group) is 1. The largest absolute Gasteiger partial charge is 0.394 e. The Hall–Kier alpha value is -0.450. The Labute approximate surface area is 108 Å². The first-order valence-electron chi connectivity index (χ1n) is 5.94. The van der Waals surface area contributed by atoms with Crippen molar-refractivity contribution in [1.82, 2.24) is 9.88 Å². The van der Waals surface area contributed by atoms with Crippen LogP contribution < -0.4 is 0 Å². The zero-order valence-electron chi connectivity index (χ0n) is 11.7. The molecule has 0 unspecified atom stereocenters. The summed E-state index contributed by atoms with van der Waals surface area (Å²) in [5.74, 6) is 0. The second-order valence-electron chi connectivity index (χ2n) is 6.20. The first-order chi connectivity index (χ1) is 7.66. The normalized spacial score (nSPS) is 13.4. The molecule has 0 saturated heterocycles. The highest BCUT2D eigenvalue weighted by Gasteiger charge is 2.24. The summed E-state index contributed by atoms with van der Waals surface area (Å²) >= 11 is 1.70. The van der Waals surface area contributed by atoms with Crippen LogP contribution >= 0.6 is 11.3 Å². The molecule has 0 bridgehead atoms. The number of aliphatic hydroxyl groups excluding tert-OH is 1. The van der Waals surface area contributed by atoms with Gasteiger partial charge in [0, 0.05) is 16.3 Å². The molecule has 4 heteroatoms. The van der Waals surface area contributed by atoms with Crippen LogP contribution in [-0.2, 0) is 12.0 Å². The van der Waals surface area contributed by atoms with Gasteiger partial charge in [-0.1, -0.05) is 20.8 Å². The van der Waals surface area contributed by atoms with E-state index in [-0.39, 0.29) is 17.6 Å². The predicted octanol–water partition coefficient (Wildman–Crippen LogP) is 2.64. The molecule has 0 aliphatic rings. The number of nitrogens with zero attached hydrogens (tertiary/aromatic N) is 2. The second kappa shape index (κ2) is 5.04. The van der Waals surface area contributed by atoms with Gasteiger partial charge in [0.1, 0.15) is 5.01 Å². The Balaban J connectivity index is 2.74. The molecule has 0 fully saturated rings. The van der Waals surface area contributed by atoms with Gasteiger partial charge in [-0.25, -0.2) is 4.98 Å². The molecule has 0 spiro atoms. The lowest BCUT2D eigenvalue weighted by atomic mass is 9.93. The summed E-state index contributed by atoms with van der Waals surface area (Å²) < 4.78 is 0. The number of thiazole rings is 1. The maximum absolute atomic E-state index is 9.32. The minimum atomic E-state index is -0.201. The van der Waals surface area contributed by atoms with E-state index >= 15 is 0 Å². The minimum Gasteiger partial charge on any atom is -0.394 e. The lowest BCUT2D eigenvalue weighted by Gasteiger charge is -2.33. The summed E-state index contributed by atoms with van der Waals surface area (Å²) in [5, 5.41) is 12.6. The lowest BCUT2D eigenvalue weighted by Crippen LogP contribution is -2.43. The van der Waals surface area contributed by atoms with Crippen LogP contribution in [0.25, 0.3) is 0 Å². The fourth-order valence-electron chi connectivity index (χ4n) is 1.27. The van der Waals surface area contributed by atoms with Crippen LogP contribution in [0.4, 0.5) is 0 Å². The van der Waals surface area contributed by atoms with Crippen molar-refractivity contribution in [2.45, 2.75) is 52.1 Å². The molecule has 0 amide bonds. The Morgan fingerprint density at radius 1 is 1.29 bits per heavy atom. The van der Waals surface area contributed by atoms with E-state index in [1.54, 1.807) is 11.3 Å². The van der Waals surface area contributed by atoms with E-state index in [9.17, 15) is 5.11 Å². The molecule has 0 radical (unpaired) electrons. The lowest BCUT2D eigenvalue weighted by molar-refractivity contribution is 0.0733. The molecule has 0 atom stereocenters. The van der Waals surface area contributed by atoms with Crippen molar-refractivity contribution in [3.8, 4) is 0 Å². The summed E-state index contributed by atoms with van der Waals surface area (Å²) in [7, 11) is 2.02. The van der Waals surface area contributed by atoms with E-state index < -0.39 is 0 Å². The van der Waals surface area contributed by atoms with Crippen LogP contribution in [0.2, 0.25) is 0 Å². The molecule has 1 rings (SSSR count). The third kappa shape index (κ3) is 3.76. The molecule has 0 aliphatic carbocycles. The predicted molar refractivity (Wildman–Crippen MR) is 73.4 cm³/mol. The monoisotopic (exact) mass is 256 g/mol. The molecule has 1 heterocycles. The van der Waals surface area contributed by atoms with Crippen LogP contribution in [0, 0.1) is 0 Å². The van der Waals surface area contributed by atoms with Gasteiger partial charge >= 0.3 is 0 Å². The van der Waals surface area contributed by atoms with Gasteiger partial charge in [0.15, 0.2) is 0 Å². The molecule has 1 N–H and O–H groups in total. The van der Waals surface area contributed by atoms with Crippen LogP contribution in [0.15, 0.2) is 5.38 Å². The highest BCUT2D eigenvalue weighted by atomic mass is 32.1.